The average Bonchev–Trinajstić information content (AvgIpc) is 3.40. The van der Waals surface area contributed by atoms with Crippen LogP contribution in [0.3, 0.4) is 0 Å². The van der Waals surface area contributed by atoms with Gasteiger partial charge in [0.05, 0.1) is 19.0 Å². The van der Waals surface area contributed by atoms with Crippen LogP contribution < -0.4 is 10.3 Å². The van der Waals surface area contributed by atoms with Crippen LogP contribution in [0.15, 0.2) is 58.3 Å². The number of carbonyl (C=O) groups excluding carboxylic acids is 1. The molecule has 1 amide bonds. The van der Waals surface area contributed by atoms with Crippen molar-refractivity contribution in [1.29, 1.82) is 0 Å². The molecule has 1 aromatic carbocycles. The molecule has 0 spiro atoms. The Morgan fingerprint density at radius 2 is 2.03 bits per heavy atom. The Kier molecular flexibility index (Phi) is 5.46. The van der Waals surface area contributed by atoms with E-state index in [4.69, 9.17) is 4.74 Å². The van der Waals surface area contributed by atoms with Crippen LogP contribution in [0.2, 0.25) is 0 Å². The molecule has 8 heteroatoms. The Bertz CT molecular complexity index is 1190. The van der Waals surface area contributed by atoms with E-state index in [1.165, 1.54) is 22.2 Å². The number of fused-ring (bicyclic) bond motifs is 1. The van der Waals surface area contributed by atoms with Crippen molar-refractivity contribution in [3.05, 3.63) is 69.4 Å². The summed E-state index contributed by atoms with van der Waals surface area (Å²) < 4.78 is 7.12. The summed E-state index contributed by atoms with van der Waals surface area (Å²) >= 11 is 2.98. The topological polar surface area (TPSA) is 64.4 Å². The second-order valence-electron chi connectivity index (χ2n) is 6.61. The predicted molar refractivity (Wildman–Crippen MR) is 117 cm³/mol. The number of aromatic nitrogens is 2. The lowest BCUT2D eigenvalue weighted by atomic mass is 10.2. The molecule has 0 bridgehead atoms. The molecule has 0 saturated heterocycles. The zero-order valence-electron chi connectivity index (χ0n) is 16.0. The fourth-order valence-electron chi connectivity index (χ4n) is 2.97. The van der Waals surface area contributed by atoms with E-state index in [2.05, 4.69) is 4.98 Å². The van der Waals surface area contributed by atoms with Gasteiger partial charge in [0.2, 0.25) is 5.91 Å². The first kappa shape index (κ1) is 19.4. The molecular weight excluding hydrogens is 406 g/mol. The van der Waals surface area contributed by atoms with Crippen LogP contribution in [0.5, 0.6) is 5.75 Å². The quantitative estimate of drug-likeness (QED) is 0.471. The van der Waals surface area contributed by atoms with Gasteiger partial charge in [-0.3, -0.25) is 14.2 Å². The first-order valence-corrected chi connectivity index (χ1v) is 10.7. The van der Waals surface area contributed by atoms with E-state index in [0.717, 1.165) is 21.8 Å². The van der Waals surface area contributed by atoms with Gasteiger partial charge in [0.15, 0.2) is 0 Å². The Hall–Kier alpha value is -2.97. The molecule has 0 aliphatic heterocycles. The number of hydrogen-bond donors (Lipinski definition) is 0. The SMILES string of the molecule is COc1ccc(-c2cc3ncn(CC(=O)N(C)Cc4ccsc4)c(=O)c3s2)cc1. The molecule has 148 valence electrons. The summed E-state index contributed by atoms with van der Waals surface area (Å²) in [6.45, 7) is 0.492. The van der Waals surface area contributed by atoms with Gasteiger partial charge in [-0.2, -0.15) is 11.3 Å². The third-order valence-electron chi connectivity index (χ3n) is 4.61. The van der Waals surface area contributed by atoms with Gasteiger partial charge in [-0.25, -0.2) is 4.98 Å². The summed E-state index contributed by atoms with van der Waals surface area (Å²) in [6.07, 6.45) is 1.45. The van der Waals surface area contributed by atoms with Crippen LogP contribution in [0.1, 0.15) is 5.56 Å². The average molecular weight is 426 g/mol. The summed E-state index contributed by atoms with van der Waals surface area (Å²) in [7, 11) is 3.36. The third kappa shape index (κ3) is 4.08. The number of ether oxygens (including phenoxy) is 1. The highest BCUT2D eigenvalue weighted by molar-refractivity contribution is 7.22. The molecule has 4 rings (SSSR count). The maximum Gasteiger partial charge on any atom is 0.271 e. The van der Waals surface area contributed by atoms with Gasteiger partial charge in [0, 0.05) is 18.5 Å². The highest BCUT2D eigenvalue weighted by Crippen LogP contribution is 2.31. The Labute approximate surface area is 175 Å². The summed E-state index contributed by atoms with van der Waals surface area (Å²) in [5.74, 6) is 0.645. The summed E-state index contributed by atoms with van der Waals surface area (Å²) in [5.41, 5.74) is 2.51. The van der Waals surface area contributed by atoms with E-state index < -0.39 is 0 Å². The zero-order valence-corrected chi connectivity index (χ0v) is 17.6. The molecule has 3 aromatic heterocycles. The van der Waals surface area contributed by atoms with Gasteiger partial charge in [-0.05, 0) is 58.3 Å². The van der Waals surface area contributed by atoms with Crippen LogP contribution in [-0.4, -0.2) is 34.5 Å². The van der Waals surface area contributed by atoms with Gasteiger partial charge in [0.25, 0.3) is 5.56 Å². The molecule has 3 heterocycles. The second-order valence-corrected chi connectivity index (χ2v) is 8.44. The van der Waals surface area contributed by atoms with Crippen LogP contribution >= 0.6 is 22.7 Å². The Morgan fingerprint density at radius 1 is 1.24 bits per heavy atom. The largest absolute Gasteiger partial charge is 0.497 e. The van der Waals surface area contributed by atoms with Gasteiger partial charge < -0.3 is 9.64 Å². The predicted octanol–water partition coefficient (Wildman–Crippen LogP) is 3.85. The van der Waals surface area contributed by atoms with Crippen molar-refractivity contribution in [2.24, 2.45) is 0 Å². The highest BCUT2D eigenvalue weighted by Gasteiger charge is 2.15. The van der Waals surface area contributed by atoms with E-state index in [0.29, 0.717) is 16.8 Å². The first-order valence-electron chi connectivity index (χ1n) is 8.93. The first-order chi connectivity index (χ1) is 14.0. The number of rotatable bonds is 6. The molecule has 0 fully saturated rings. The lowest BCUT2D eigenvalue weighted by Gasteiger charge is -2.17. The van der Waals surface area contributed by atoms with Crippen LogP contribution in [0.25, 0.3) is 20.7 Å². The lowest BCUT2D eigenvalue weighted by molar-refractivity contribution is -0.131. The van der Waals surface area contributed by atoms with Gasteiger partial charge >= 0.3 is 0 Å². The smallest absolute Gasteiger partial charge is 0.271 e. The number of thiophene rings is 2. The summed E-state index contributed by atoms with van der Waals surface area (Å²) in [5, 5.41) is 3.99. The standard InChI is InChI=1S/C21H19N3O3S2/c1-23(10-14-7-8-28-12-14)19(25)11-24-13-22-17-9-18(29-20(17)21(24)26)15-3-5-16(27-2)6-4-15/h3-9,12-13H,10-11H2,1-2H3. The Morgan fingerprint density at radius 3 is 2.72 bits per heavy atom. The molecule has 0 radical (unpaired) electrons. The van der Waals surface area contributed by atoms with E-state index in [1.54, 1.807) is 30.4 Å². The number of amides is 1. The molecule has 29 heavy (non-hydrogen) atoms. The molecule has 0 aliphatic carbocycles. The van der Waals surface area contributed by atoms with Gasteiger partial charge in [-0.15, -0.1) is 11.3 Å². The zero-order chi connectivity index (χ0) is 20.4. The third-order valence-corrected chi connectivity index (χ3v) is 6.50. The summed E-state index contributed by atoms with van der Waals surface area (Å²) in [6, 6.07) is 11.6. The minimum atomic E-state index is -0.197. The number of nitrogens with zero attached hydrogens (tertiary/aromatic N) is 3. The van der Waals surface area contributed by atoms with Crippen molar-refractivity contribution in [2.45, 2.75) is 13.1 Å². The number of methoxy groups -OCH3 is 1. The van der Waals surface area contributed by atoms with Crippen LogP contribution in [0.4, 0.5) is 0 Å². The van der Waals surface area contributed by atoms with E-state index in [1.807, 2.05) is 47.2 Å². The molecule has 6 nitrogen and oxygen atoms in total. The fraction of sp³-hybridized carbons (Fsp3) is 0.190. The van der Waals surface area contributed by atoms with Crippen molar-refractivity contribution >= 4 is 38.8 Å². The van der Waals surface area contributed by atoms with Crippen molar-refractivity contribution in [1.82, 2.24) is 14.5 Å². The monoisotopic (exact) mass is 425 g/mol. The Balaban J connectivity index is 1.57. The molecule has 0 saturated carbocycles. The van der Waals surface area contributed by atoms with Crippen LogP contribution in [0, 0.1) is 0 Å². The van der Waals surface area contributed by atoms with Crippen molar-refractivity contribution in [3.8, 4) is 16.2 Å². The van der Waals surface area contributed by atoms with E-state index in [9.17, 15) is 9.59 Å². The number of hydrogen-bond acceptors (Lipinski definition) is 6. The summed E-state index contributed by atoms with van der Waals surface area (Å²) in [4.78, 5) is 32.4. The molecule has 0 atom stereocenters. The molecule has 0 unspecified atom stereocenters. The van der Waals surface area contributed by atoms with Crippen molar-refractivity contribution in [3.63, 3.8) is 0 Å². The minimum Gasteiger partial charge on any atom is -0.497 e. The number of carbonyl (C=O) groups is 1. The number of likely N-dealkylation sites (N-methyl/N-ethyl adjacent to an activating group) is 1. The number of benzene rings is 1. The van der Waals surface area contributed by atoms with Crippen LogP contribution in [-0.2, 0) is 17.9 Å². The lowest BCUT2D eigenvalue weighted by Crippen LogP contribution is -2.33. The van der Waals surface area contributed by atoms with Crippen molar-refractivity contribution < 1.29 is 9.53 Å². The van der Waals surface area contributed by atoms with Gasteiger partial charge in [-0.1, -0.05) is 0 Å². The highest BCUT2D eigenvalue weighted by atomic mass is 32.1. The minimum absolute atomic E-state index is 0.0296. The van der Waals surface area contributed by atoms with Crippen molar-refractivity contribution in [2.75, 3.05) is 14.2 Å². The van der Waals surface area contributed by atoms with Gasteiger partial charge in [0.1, 0.15) is 17.0 Å². The normalized spacial score (nSPS) is 11.0. The fourth-order valence-corrected chi connectivity index (χ4v) is 4.69. The van der Waals surface area contributed by atoms with E-state index in [-0.39, 0.29) is 18.0 Å². The second kappa shape index (κ2) is 8.18. The molecule has 4 aromatic rings. The molecule has 0 N–H and O–H groups in total. The van der Waals surface area contributed by atoms with E-state index >= 15 is 0 Å². The maximum atomic E-state index is 12.9. The molecule has 0 aliphatic rings. The molecular formula is C21H19N3O3S2. The maximum absolute atomic E-state index is 12.9.